The summed E-state index contributed by atoms with van der Waals surface area (Å²) in [7, 11) is 0. The van der Waals surface area contributed by atoms with Crippen molar-refractivity contribution in [2.75, 3.05) is 18.6 Å². The number of rotatable bonds is 3. The third-order valence-corrected chi connectivity index (χ3v) is 2.24. The van der Waals surface area contributed by atoms with Crippen molar-refractivity contribution in [1.82, 2.24) is 5.32 Å². The summed E-state index contributed by atoms with van der Waals surface area (Å²) in [4.78, 5) is 0. The molecule has 1 atom stereocenters. The standard InChI is InChI=1S/C6H13NS/c1-8-5-3-6-2-4-7-6/h6-7H,2-5H2,1H3. The molecule has 1 heterocycles. The third-order valence-electron chi connectivity index (χ3n) is 1.60. The fourth-order valence-electron chi connectivity index (χ4n) is 0.855. The summed E-state index contributed by atoms with van der Waals surface area (Å²) in [6.07, 6.45) is 4.93. The van der Waals surface area contributed by atoms with Gasteiger partial charge in [0.05, 0.1) is 0 Å². The van der Waals surface area contributed by atoms with Crippen molar-refractivity contribution < 1.29 is 0 Å². The molecule has 0 radical (unpaired) electrons. The number of hydrogen-bond acceptors (Lipinski definition) is 2. The first-order chi connectivity index (χ1) is 3.93. The molecule has 8 heavy (non-hydrogen) atoms. The van der Waals surface area contributed by atoms with Crippen LogP contribution in [0.4, 0.5) is 0 Å². The highest BCUT2D eigenvalue weighted by atomic mass is 32.2. The predicted octanol–water partition coefficient (Wildman–Crippen LogP) is 1.10. The Labute approximate surface area is 55.2 Å². The summed E-state index contributed by atoms with van der Waals surface area (Å²) in [5.74, 6) is 1.32. The normalized spacial score (nSPS) is 27.4. The summed E-state index contributed by atoms with van der Waals surface area (Å²) < 4.78 is 0. The smallest absolute Gasteiger partial charge is 0.00870 e. The largest absolute Gasteiger partial charge is 0.314 e. The highest BCUT2D eigenvalue weighted by Gasteiger charge is 2.14. The van der Waals surface area contributed by atoms with Gasteiger partial charge in [-0.15, -0.1) is 0 Å². The maximum Gasteiger partial charge on any atom is 0.00870 e. The van der Waals surface area contributed by atoms with E-state index >= 15 is 0 Å². The zero-order chi connectivity index (χ0) is 5.82. The first-order valence-corrected chi connectivity index (χ1v) is 4.55. The van der Waals surface area contributed by atoms with E-state index in [0.29, 0.717) is 0 Å². The van der Waals surface area contributed by atoms with Gasteiger partial charge in [-0.3, -0.25) is 0 Å². The van der Waals surface area contributed by atoms with Gasteiger partial charge in [0, 0.05) is 6.04 Å². The van der Waals surface area contributed by atoms with E-state index < -0.39 is 0 Å². The zero-order valence-corrected chi connectivity index (χ0v) is 6.13. The Bertz CT molecular complexity index is 61.5. The van der Waals surface area contributed by atoms with Crippen LogP contribution < -0.4 is 5.32 Å². The van der Waals surface area contributed by atoms with Crippen molar-refractivity contribution in [2.24, 2.45) is 0 Å². The Morgan fingerprint density at radius 3 is 2.88 bits per heavy atom. The molecule has 0 aliphatic carbocycles. The minimum atomic E-state index is 0.863. The van der Waals surface area contributed by atoms with E-state index in [1.807, 2.05) is 11.8 Å². The summed E-state index contributed by atoms with van der Waals surface area (Å²) in [6, 6.07) is 0.863. The van der Waals surface area contributed by atoms with Gasteiger partial charge < -0.3 is 5.32 Å². The lowest BCUT2D eigenvalue weighted by molar-refractivity contribution is 0.364. The molecule has 1 aliphatic heterocycles. The average molecular weight is 131 g/mol. The van der Waals surface area contributed by atoms with Crippen molar-refractivity contribution in [1.29, 1.82) is 0 Å². The molecule has 0 saturated carbocycles. The van der Waals surface area contributed by atoms with Crippen LogP contribution in [-0.4, -0.2) is 24.6 Å². The molecule has 1 fully saturated rings. The van der Waals surface area contributed by atoms with Gasteiger partial charge in [-0.2, -0.15) is 11.8 Å². The molecular formula is C6H13NS. The van der Waals surface area contributed by atoms with Crippen molar-refractivity contribution in [3.05, 3.63) is 0 Å². The van der Waals surface area contributed by atoms with Gasteiger partial charge in [0.15, 0.2) is 0 Å². The van der Waals surface area contributed by atoms with Gasteiger partial charge in [-0.25, -0.2) is 0 Å². The highest BCUT2D eigenvalue weighted by molar-refractivity contribution is 7.98. The molecular weight excluding hydrogens is 118 g/mol. The topological polar surface area (TPSA) is 12.0 Å². The fraction of sp³-hybridized carbons (Fsp3) is 1.00. The van der Waals surface area contributed by atoms with Crippen molar-refractivity contribution in [3.63, 3.8) is 0 Å². The van der Waals surface area contributed by atoms with Gasteiger partial charge in [0.2, 0.25) is 0 Å². The minimum Gasteiger partial charge on any atom is -0.314 e. The van der Waals surface area contributed by atoms with Gasteiger partial charge in [0.25, 0.3) is 0 Å². The summed E-state index contributed by atoms with van der Waals surface area (Å²) >= 11 is 1.94. The molecule has 1 rings (SSSR count). The number of nitrogens with one attached hydrogen (secondary N) is 1. The van der Waals surface area contributed by atoms with Crippen LogP contribution in [0.2, 0.25) is 0 Å². The quantitative estimate of drug-likeness (QED) is 0.615. The Kier molecular flexibility index (Phi) is 2.70. The van der Waals surface area contributed by atoms with E-state index in [1.165, 1.54) is 25.1 Å². The molecule has 0 aromatic carbocycles. The Hall–Kier alpha value is 0.310. The molecule has 0 bridgehead atoms. The lowest BCUT2D eigenvalue weighted by Gasteiger charge is -2.26. The first kappa shape index (κ1) is 6.43. The lowest BCUT2D eigenvalue weighted by atomic mass is 10.1. The molecule has 0 spiro atoms. The van der Waals surface area contributed by atoms with Crippen LogP contribution in [0, 0.1) is 0 Å². The van der Waals surface area contributed by atoms with Gasteiger partial charge in [0.1, 0.15) is 0 Å². The molecule has 1 aliphatic rings. The van der Waals surface area contributed by atoms with Crippen molar-refractivity contribution in [3.8, 4) is 0 Å². The predicted molar refractivity (Wildman–Crippen MR) is 39.4 cm³/mol. The zero-order valence-electron chi connectivity index (χ0n) is 5.31. The maximum absolute atomic E-state index is 3.37. The van der Waals surface area contributed by atoms with Gasteiger partial charge in [-0.05, 0) is 31.4 Å². The molecule has 1 unspecified atom stereocenters. The minimum absolute atomic E-state index is 0.863. The maximum atomic E-state index is 3.37. The molecule has 0 aromatic rings. The Morgan fingerprint density at radius 1 is 1.75 bits per heavy atom. The van der Waals surface area contributed by atoms with Crippen LogP contribution in [0.5, 0.6) is 0 Å². The third kappa shape index (κ3) is 1.67. The molecule has 1 saturated heterocycles. The summed E-state index contributed by atoms with van der Waals surface area (Å²) in [6.45, 7) is 1.25. The Balaban J connectivity index is 1.86. The Morgan fingerprint density at radius 2 is 2.50 bits per heavy atom. The van der Waals surface area contributed by atoms with Crippen molar-refractivity contribution in [2.45, 2.75) is 18.9 Å². The fourth-order valence-corrected chi connectivity index (χ4v) is 1.38. The number of hydrogen-bond donors (Lipinski definition) is 1. The van der Waals surface area contributed by atoms with E-state index in [0.717, 1.165) is 6.04 Å². The van der Waals surface area contributed by atoms with Crippen molar-refractivity contribution >= 4 is 11.8 Å². The molecule has 1 N–H and O–H groups in total. The van der Waals surface area contributed by atoms with Crippen LogP contribution >= 0.6 is 11.8 Å². The lowest BCUT2D eigenvalue weighted by Crippen LogP contribution is -2.42. The second-order valence-electron chi connectivity index (χ2n) is 2.22. The number of thioether (sulfide) groups is 1. The average Bonchev–Trinajstić information content (AvgIpc) is 1.63. The highest BCUT2D eigenvalue weighted by Crippen LogP contribution is 2.08. The first-order valence-electron chi connectivity index (χ1n) is 3.16. The van der Waals surface area contributed by atoms with Crippen LogP contribution in [0.1, 0.15) is 12.8 Å². The van der Waals surface area contributed by atoms with E-state index in [-0.39, 0.29) is 0 Å². The van der Waals surface area contributed by atoms with Gasteiger partial charge in [-0.1, -0.05) is 0 Å². The van der Waals surface area contributed by atoms with E-state index in [4.69, 9.17) is 0 Å². The summed E-state index contributed by atoms with van der Waals surface area (Å²) in [5, 5.41) is 3.37. The van der Waals surface area contributed by atoms with Crippen LogP contribution in [0.15, 0.2) is 0 Å². The second kappa shape index (κ2) is 3.36. The molecule has 0 aromatic heterocycles. The van der Waals surface area contributed by atoms with Crippen LogP contribution in [0.25, 0.3) is 0 Å². The molecule has 1 nitrogen and oxygen atoms in total. The molecule has 48 valence electrons. The second-order valence-corrected chi connectivity index (χ2v) is 3.21. The summed E-state index contributed by atoms with van der Waals surface area (Å²) in [5.41, 5.74) is 0. The SMILES string of the molecule is CSCCC1CCN1. The van der Waals surface area contributed by atoms with E-state index in [1.54, 1.807) is 0 Å². The van der Waals surface area contributed by atoms with E-state index in [2.05, 4.69) is 11.6 Å². The monoisotopic (exact) mass is 131 g/mol. The van der Waals surface area contributed by atoms with Gasteiger partial charge >= 0.3 is 0 Å². The van der Waals surface area contributed by atoms with E-state index in [9.17, 15) is 0 Å². The van der Waals surface area contributed by atoms with Crippen LogP contribution in [-0.2, 0) is 0 Å². The van der Waals surface area contributed by atoms with Crippen LogP contribution in [0.3, 0.4) is 0 Å². The molecule has 2 heteroatoms. The molecule has 0 amide bonds.